The maximum absolute atomic E-state index is 4.80. The smallest absolute Gasteiger partial charge is 0.163 e. The van der Waals surface area contributed by atoms with Crippen LogP contribution in [0.15, 0.2) is 73.2 Å². The molecule has 8 rings (SSSR count). The number of aromatic nitrogens is 7. The fraction of sp³-hybridized carbons (Fsp3) is 0.267. The van der Waals surface area contributed by atoms with E-state index in [0.717, 1.165) is 59.6 Å². The number of piperidine rings is 1. The number of pyridine rings is 3. The number of rotatable bonds is 7. The third-order valence-electron chi connectivity index (χ3n) is 7.61. The normalized spacial score (nSPS) is 18.4. The molecule has 0 aromatic carbocycles. The minimum absolute atomic E-state index is 0.523. The Labute approximate surface area is 232 Å². The van der Waals surface area contributed by atoms with Gasteiger partial charge in [-0.1, -0.05) is 12.1 Å². The topological polar surface area (TPSA) is 112 Å². The number of aryl methyl sites for hydroxylation is 2. The molecular formula is C30H30N10. The summed E-state index contributed by atoms with van der Waals surface area (Å²) in [6.07, 6.45) is 6.89. The molecule has 3 saturated heterocycles. The highest BCUT2D eigenvalue weighted by Gasteiger charge is 2.44. The van der Waals surface area contributed by atoms with E-state index in [2.05, 4.69) is 64.5 Å². The maximum Gasteiger partial charge on any atom is 0.163 e. The number of nitrogens with zero attached hydrogens (tertiary/aromatic N) is 8. The quantitative estimate of drug-likeness (QED) is 0.313. The van der Waals surface area contributed by atoms with Gasteiger partial charge in [-0.2, -0.15) is 5.10 Å². The number of aromatic amines is 1. The minimum atomic E-state index is 0.523. The van der Waals surface area contributed by atoms with E-state index in [9.17, 15) is 0 Å². The average Bonchev–Trinajstić information content (AvgIpc) is 3.40. The summed E-state index contributed by atoms with van der Waals surface area (Å²) in [6.45, 7) is 6.79. The van der Waals surface area contributed by atoms with E-state index in [1.807, 2.05) is 56.6 Å². The Hall–Kier alpha value is -4.70. The third kappa shape index (κ3) is 4.89. The zero-order valence-electron chi connectivity index (χ0n) is 22.5. The molecule has 0 spiro atoms. The van der Waals surface area contributed by atoms with Gasteiger partial charge in [-0.3, -0.25) is 20.0 Å². The molecule has 2 unspecified atom stereocenters. The van der Waals surface area contributed by atoms with Gasteiger partial charge in [0.25, 0.3) is 0 Å². The molecule has 5 aromatic heterocycles. The Morgan fingerprint density at radius 1 is 0.875 bits per heavy atom. The van der Waals surface area contributed by atoms with Crippen molar-refractivity contribution in [2.24, 2.45) is 0 Å². The molecule has 2 N–H and O–H groups in total. The standard InChI is InChI=1S/C30H30N10/c1-19-11-27(35-28-12-20(2)37-38-28)36-30(34-19)22-7-9-29(33-15-22)39-17-23-13-24(18-39)40(23)16-21-6-8-26(32-14-21)25-5-3-4-10-31-25/h3-12,14-15,23-24H,13,16-18H2,1-2H3,(H2,34,35,36,37,38). The molecule has 5 aromatic rings. The van der Waals surface area contributed by atoms with Gasteiger partial charge in [-0.25, -0.2) is 15.0 Å². The molecule has 0 aliphatic carbocycles. The van der Waals surface area contributed by atoms with Crippen molar-refractivity contribution in [2.45, 2.75) is 38.9 Å². The van der Waals surface area contributed by atoms with Crippen LogP contribution in [0.2, 0.25) is 0 Å². The highest BCUT2D eigenvalue weighted by atomic mass is 15.4. The highest BCUT2D eigenvalue weighted by Crippen LogP contribution is 2.35. The van der Waals surface area contributed by atoms with Gasteiger partial charge >= 0.3 is 0 Å². The SMILES string of the molecule is Cc1cc(Nc2cc(C)[nH]n2)nc(-c2ccc(N3CC4CC(C3)N4Cc3ccc(-c4ccccn4)nc3)nc2)n1. The van der Waals surface area contributed by atoms with Crippen molar-refractivity contribution in [3.05, 3.63) is 90.1 Å². The van der Waals surface area contributed by atoms with E-state index < -0.39 is 0 Å². The lowest BCUT2D eigenvalue weighted by molar-refractivity contribution is -0.00874. The van der Waals surface area contributed by atoms with Crippen LogP contribution >= 0.6 is 0 Å². The molecule has 3 fully saturated rings. The zero-order valence-corrected chi connectivity index (χ0v) is 22.5. The van der Waals surface area contributed by atoms with E-state index in [0.29, 0.717) is 23.7 Å². The number of piperazine rings is 1. The van der Waals surface area contributed by atoms with E-state index in [1.54, 1.807) is 6.20 Å². The van der Waals surface area contributed by atoms with Crippen molar-refractivity contribution in [3.8, 4) is 22.8 Å². The molecule has 0 amide bonds. The molecule has 3 aliphatic rings. The number of fused-ring (bicyclic) bond motifs is 2. The van der Waals surface area contributed by atoms with Crippen molar-refractivity contribution in [1.29, 1.82) is 0 Å². The summed E-state index contributed by atoms with van der Waals surface area (Å²) in [7, 11) is 0. The van der Waals surface area contributed by atoms with E-state index >= 15 is 0 Å². The largest absolute Gasteiger partial charge is 0.353 e. The van der Waals surface area contributed by atoms with Gasteiger partial charge in [0.1, 0.15) is 11.6 Å². The van der Waals surface area contributed by atoms with Crippen molar-refractivity contribution in [1.82, 2.24) is 40.0 Å². The van der Waals surface area contributed by atoms with Crippen LogP contribution in [0.3, 0.4) is 0 Å². The molecule has 200 valence electrons. The summed E-state index contributed by atoms with van der Waals surface area (Å²) in [5, 5.41) is 10.4. The molecule has 10 nitrogen and oxygen atoms in total. The molecule has 2 atom stereocenters. The first-order valence-electron chi connectivity index (χ1n) is 13.6. The van der Waals surface area contributed by atoms with Crippen LogP contribution in [-0.4, -0.2) is 65.2 Å². The lowest BCUT2D eigenvalue weighted by Crippen LogP contribution is -2.68. The Bertz CT molecular complexity index is 1600. The Balaban J connectivity index is 0.991. The molecule has 3 aliphatic heterocycles. The van der Waals surface area contributed by atoms with Crippen molar-refractivity contribution in [3.63, 3.8) is 0 Å². The highest BCUT2D eigenvalue weighted by molar-refractivity contribution is 5.61. The van der Waals surface area contributed by atoms with Crippen LogP contribution in [0.4, 0.5) is 17.5 Å². The first-order chi connectivity index (χ1) is 19.6. The fourth-order valence-electron chi connectivity index (χ4n) is 5.61. The monoisotopic (exact) mass is 530 g/mol. The first kappa shape index (κ1) is 24.3. The number of hydrogen-bond donors (Lipinski definition) is 2. The molecule has 10 heteroatoms. The predicted octanol–water partition coefficient (Wildman–Crippen LogP) is 4.54. The second-order valence-corrected chi connectivity index (χ2v) is 10.6. The summed E-state index contributed by atoms with van der Waals surface area (Å²) < 4.78 is 0. The van der Waals surface area contributed by atoms with Crippen LogP contribution in [0.25, 0.3) is 22.8 Å². The Kier molecular flexibility index (Phi) is 6.16. The second-order valence-electron chi connectivity index (χ2n) is 10.6. The maximum atomic E-state index is 4.80. The molecule has 2 bridgehead atoms. The summed E-state index contributed by atoms with van der Waals surface area (Å²) in [5.41, 5.74) is 5.80. The minimum Gasteiger partial charge on any atom is -0.353 e. The van der Waals surface area contributed by atoms with Gasteiger partial charge in [0.15, 0.2) is 11.6 Å². The van der Waals surface area contributed by atoms with Crippen molar-refractivity contribution in [2.75, 3.05) is 23.3 Å². The molecule has 0 radical (unpaired) electrons. The summed E-state index contributed by atoms with van der Waals surface area (Å²) >= 11 is 0. The zero-order chi connectivity index (χ0) is 27.1. The lowest BCUT2D eigenvalue weighted by atomic mass is 9.87. The molecule has 8 heterocycles. The Morgan fingerprint density at radius 3 is 2.45 bits per heavy atom. The van der Waals surface area contributed by atoms with Crippen LogP contribution in [-0.2, 0) is 6.54 Å². The average molecular weight is 531 g/mol. The third-order valence-corrected chi connectivity index (χ3v) is 7.61. The summed E-state index contributed by atoms with van der Waals surface area (Å²) in [4.78, 5) is 28.2. The van der Waals surface area contributed by atoms with Crippen LogP contribution in [0, 0.1) is 13.8 Å². The van der Waals surface area contributed by atoms with Gasteiger partial charge in [-0.15, -0.1) is 0 Å². The predicted molar refractivity (Wildman–Crippen MR) is 154 cm³/mol. The second kappa shape index (κ2) is 10.1. The Morgan fingerprint density at radius 2 is 1.75 bits per heavy atom. The number of nitrogens with one attached hydrogen (secondary N) is 2. The fourth-order valence-corrected chi connectivity index (χ4v) is 5.61. The first-order valence-corrected chi connectivity index (χ1v) is 13.6. The van der Waals surface area contributed by atoms with E-state index in [4.69, 9.17) is 9.97 Å². The van der Waals surface area contributed by atoms with Crippen molar-refractivity contribution >= 4 is 17.5 Å². The number of anilines is 3. The van der Waals surface area contributed by atoms with Crippen LogP contribution in [0.5, 0.6) is 0 Å². The van der Waals surface area contributed by atoms with Gasteiger partial charge in [0.05, 0.1) is 11.4 Å². The van der Waals surface area contributed by atoms with Crippen molar-refractivity contribution < 1.29 is 0 Å². The van der Waals surface area contributed by atoms with E-state index in [-0.39, 0.29) is 0 Å². The van der Waals surface area contributed by atoms with Crippen LogP contribution in [0.1, 0.15) is 23.4 Å². The van der Waals surface area contributed by atoms with Gasteiger partial charge in [0, 0.05) is 79.4 Å². The summed E-state index contributed by atoms with van der Waals surface area (Å²) in [5.74, 6) is 3.07. The van der Waals surface area contributed by atoms with Gasteiger partial charge in [0.2, 0.25) is 0 Å². The lowest BCUT2D eigenvalue weighted by Gasteiger charge is -2.56. The van der Waals surface area contributed by atoms with Gasteiger partial charge in [-0.05, 0) is 56.2 Å². The van der Waals surface area contributed by atoms with Gasteiger partial charge < -0.3 is 10.2 Å². The molecular weight excluding hydrogens is 500 g/mol. The van der Waals surface area contributed by atoms with E-state index in [1.165, 1.54) is 12.0 Å². The number of hydrogen-bond acceptors (Lipinski definition) is 9. The number of H-pyrrole nitrogens is 1. The molecule has 40 heavy (non-hydrogen) atoms. The molecule has 0 saturated carbocycles. The summed E-state index contributed by atoms with van der Waals surface area (Å²) in [6, 6.07) is 19.2. The van der Waals surface area contributed by atoms with Crippen LogP contribution < -0.4 is 10.2 Å².